The summed E-state index contributed by atoms with van der Waals surface area (Å²) in [6.45, 7) is 4.28. The Kier molecular flexibility index (Phi) is 6.01. The molecule has 102 valence electrons. The number of benzene rings is 1. The fourth-order valence-electron chi connectivity index (χ4n) is 2.25. The molecule has 0 aliphatic heterocycles. The van der Waals surface area contributed by atoms with Crippen molar-refractivity contribution in [3.63, 3.8) is 0 Å². The van der Waals surface area contributed by atoms with Crippen LogP contribution in [0, 0.1) is 0 Å². The Morgan fingerprint density at radius 1 is 1.00 bits per heavy atom. The van der Waals surface area contributed by atoms with E-state index >= 15 is 0 Å². The van der Waals surface area contributed by atoms with Crippen LogP contribution >= 0.6 is 0 Å². The van der Waals surface area contributed by atoms with Gasteiger partial charge in [0.15, 0.2) is 0 Å². The molecule has 1 unspecified atom stereocenters. The Balaban J connectivity index is 2.91. The Bertz CT molecular complexity index is 338. The molecule has 0 bridgehead atoms. The molecule has 0 N–H and O–H groups in total. The summed E-state index contributed by atoms with van der Waals surface area (Å²) in [5.41, 5.74) is 2.70. The lowest BCUT2D eigenvalue weighted by Crippen LogP contribution is -2.48. The van der Waals surface area contributed by atoms with E-state index in [0.717, 1.165) is 6.42 Å². The molecular formula is C14H24O3Si. The third-order valence-corrected chi connectivity index (χ3v) is 6.50. The molecule has 3 nitrogen and oxygen atoms in total. The van der Waals surface area contributed by atoms with Gasteiger partial charge >= 0.3 is 8.80 Å². The fourth-order valence-corrected chi connectivity index (χ4v) is 4.41. The molecule has 1 aromatic carbocycles. The summed E-state index contributed by atoms with van der Waals surface area (Å²) in [7, 11) is 2.36. The van der Waals surface area contributed by atoms with E-state index in [9.17, 15) is 0 Å². The van der Waals surface area contributed by atoms with E-state index in [2.05, 4.69) is 38.1 Å². The summed E-state index contributed by atoms with van der Waals surface area (Å²) >= 11 is 0. The van der Waals surface area contributed by atoms with Gasteiger partial charge in [-0.15, -0.1) is 0 Å². The zero-order valence-corrected chi connectivity index (χ0v) is 13.0. The van der Waals surface area contributed by atoms with Crippen LogP contribution in [-0.2, 0) is 19.7 Å². The summed E-state index contributed by atoms with van der Waals surface area (Å²) in [6.07, 6.45) is 2.29. The van der Waals surface area contributed by atoms with Crippen LogP contribution in [0.25, 0.3) is 0 Å². The highest BCUT2D eigenvalue weighted by atomic mass is 28.4. The van der Waals surface area contributed by atoms with Gasteiger partial charge in [0.25, 0.3) is 0 Å². The minimum atomic E-state index is -2.60. The molecule has 18 heavy (non-hydrogen) atoms. The largest absolute Gasteiger partial charge is 0.507 e. The van der Waals surface area contributed by atoms with Crippen LogP contribution in [0.15, 0.2) is 24.3 Å². The lowest BCUT2D eigenvalue weighted by atomic mass is 10.1. The molecular weight excluding hydrogens is 244 g/mol. The van der Waals surface area contributed by atoms with E-state index in [4.69, 9.17) is 13.3 Å². The Labute approximate surface area is 111 Å². The molecule has 0 aliphatic rings. The lowest BCUT2D eigenvalue weighted by molar-refractivity contribution is 0.114. The number of aryl methyl sites for hydroxylation is 1. The predicted molar refractivity (Wildman–Crippen MR) is 75.6 cm³/mol. The highest BCUT2D eigenvalue weighted by Crippen LogP contribution is 2.28. The highest BCUT2D eigenvalue weighted by Gasteiger charge is 2.45. The number of rotatable bonds is 7. The van der Waals surface area contributed by atoms with Crippen LogP contribution in [0.1, 0.15) is 36.9 Å². The molecule has 4 heteroatoms. The first-order chi connectivity index (χ1) is 8.63. The summed E-state index contributed by atoms with van der Waals surface area (Å²) < 4.78 is 16.6. The topological polar surface area (TPSA) is 27.7 Å². The molecule has 0 saturated heterocycles. The summed E-state index contributed by atoms with van der Waals surface area (Å²) in [5.74, 6) is 0. The molecule has 0 saturated carbocycles. The second-order valence-electron chi connectivity index (χ2n) is 4.43. The van der Waals surface area contributed by atoms with Crippen molar-refractivity contribution in [1.82, 2.24) is 0 Å². The van der Waals surface area contributed by atoms with Gasteiger partial charge in [-0.2, -0.15) is 0 Å². The molecule has 0 amide bonds. The van der Waals surface area contributed by atoms with Crippen LogP contribution in [-0.4, -0.2) is 30.1 Å². The van der Waals surface area contributed by atoms with Gasteiger partial charge in [0.2, 0.25) is 0 Å². The number of hydrogen-bond donors (Lipinski definition) is 0. The highest BCUT2D eigenvalue weighted by molar-refractivity contribution is 6.62. The smallest absolute Gasteiger partial charge is 0.376 e. The van der Waals surface area contributed by atoms with Gasteiger partial charge in [-0.1, -0.05) is 44.5 Å². The molecule has 1 aromatic rings. The average molecular weight is 268 g/mol. The SMILES string of the molecule is CCCc1ccc(C(C)[Si](OC)(OC)OC)cc1. The molecule has 1 rings (SSSR count). The molecule has 0 heterocycles. The van der Waals surface area contributed by atoms with Crippen molar-refractivity contribution in [3.05, 3.63) is 35.4 Å². The second-order valence-corrected chi connectivity index (χ2v) is 7.73. The number of hydrogen-bond acceptors (Lipinski definition) is 3. The maximum Gasteiger partial charge on any atom is 0.507 e. The first-order valence-electron chi connectivity index (χ1n) is 6.37. The van der Waals surface area contributed by atoms with Crippen molar-refractivity contribution in [2.75, 3.05) is 21.3 Å². The summed E-state index contributed by atoms with van der Waals surface area (Å²) in [4.78, 5) is 0. The van der Waals surface area contributed by atoms with Crippen molar-refractivity contribution < 1.29 is 13.3 Å². The molecule has 1 atom stereocenters. The summed E-state index contributed by atoms with van der Waals surface area (Å²) in [6, 6.07) is 8.65. The molecule has 0 spiro atoms. The van der Waals surface area contributed by atoms with E-state index in [1.165, 1.54) is 17.5 Å². The standard InChI is InChI=1S/C14H24O3Si/c1-6-7-13-8-10-14(11-9-13)12(2)18(15-3,16-4)17-5/h8-12H,6-7H2,1-5H3. The van der Waals surface area contributed by atoms with Gasteiger partial charge in [-0.3, -0.25) is 0 Å². The van der Waals surface area contributed by atoms with Crippen molar-refractivity contribution in [2.45, 2.75) is 32.2 Å². The third kappa shape index (κ3) is 3.20. The molecule has 0 radical (unpaired) electrons. The van der Waals surface area contributed by atoms with Crippen molar-refractivity contribution in [2.24, 2.45) is 0 Å². The van der Waals surface area contributed by atoms with Gasteiger partial charge < -0.3 is 13.3 Å². The summed E-state index contributed by atoms with van der Waals surface area (Å²) in [5, 5.41) is 0. The first kappa shape index (κ1) is 15.4. The van der Waals surface area contributed by atoms with Gasteiger partial charge in [0.1, 0.15) is 0 Å². The third-order valence-electron chi connectivity index (χ3n) is 3.40. The van der Waals surface area contributed by atoms with Crippen molar-refractivity contribution >= 4 is 8.80 Å². The zero-order valence-electron chi connectivity index (χ0n) is 12.0. The van der Waals surface area contributed by atoms with E-state index in [0.29, 0.717) is 0 Å². The van der Waals surface area contributed by atoms with Crippen LogP contribution in [0.4, 0.5) is 0 Å². The van der Waals surface area contributed by atoms with Crippen molar-refractivity contribution in [3.8, 4) is 0 Å². The Morgan fingerprint density at radius 2 is 1.50 bits per heavy atom. The van der Waals surface area contributed by atoms with Crippen LogP contribution in [0.3, 0.4) is 0 Å². The maximum absolute atomic E-state index is 5.52. The quantitative estimate of drug-likeness (QED) is 0.711. The monoisotopic (exact) mass is 268 g/mol. The van der Waals surface area contributed by atoms with Crippen LogP contribution in [0.5, 0.6) is 0 Å². The van der Waals surface area contributed by atoms with Gasteiger partial charge in [0.05, 0.1) is 5.54 Å². The van der Waals surface area contributed by atoms with Crippen LogP contribution in [0.2, 0.25) is 0 Å². The van der Waals surface area contributed by atoms with E-state index in [1.54, 1.807) is 21.3 Å². The normalized spacial score (nSPS) is 13.6. The van der Waals surface area contributed by atoms with Gasteiger partial charge in [0, 0.05) is 21.3 Å². The Morgan fingerprint density at radius 3 is 1.89 bits per heavy atom. The van der Waals surface area contributed by atoms with E-state index < -0.39 is 8.80 Å². The van der Waals surface area contributed by atoms with E-state index in [-0.39, 0.29) is 5.54 Å². The average Bonchev–Trinajstić information content (AvgIpc) is 2.42. The van der Waals surface area contributed by atoms with Crippen molar-refractivity contribution in [1.29, 1.82) is 0 Å². The van der Waals surface area contributed by atoms with Gasteiger partial charge in [-0.05, 0) is 17.5 Å². The Hall–Kier alpha value is -0.683. The van der Waals surface area contributed by atoms with Gasteiger partial charge in [-0.25, -0.2) is 0 Å². The second kappa shape index (κ2) is 7.04. The minimum absolute atomic E-state index is 0.133. The lowest BCUT2D eigenvalue weighted by Gasteiger charge is -2.30. The molecule has 0 fully saturated rings. The van der Waals surface area contributed by atoms with Crippen LogP contribution < -0.4 is 0 Å². The minimum Gasteiger partial charge on any atom is -0.376 e. The molecule has 0 aliphatic carbocycles. The maximum atomic E-state index is 5.52. The molecule has 0 aromatic heterocycles. The van der Waals surface area contributed by atoms with E-state index in [1.807, 2.05) is 0 Å². The predicted octanol–water partition coefficient (Wildman–Crippen LogP) is 3.16. The zero-order chi connectivity index (χ0) is 13.6. The fraction of sp³-hybridized carbons (Fsp3) is 0.571. The first-order valence-corrected chi connectivity index (χ1v) is 8.18.